The number of nitrogens with zero attached hydrogens (tertiary/aromatic N) is 4. The van der Waals surface area contributed by atoms with E-state index in [1.54, 1.807) is 11.3 Å². The summed E-state index contributed by atoms with van der Waals surface area (Å²) in [5, 5.41) is 2.87. The lowest BCUT2D eigenvalue weighted by Gasteiger charge is -2.34. The second-order valence-corrected chi connectivity index (χ2v) is 9.43. The van der Waals surface area contributed by atoms with Crippen molar-refractivity contribution >= 4 is 23.2 Å². The average Bonchev–Trinajstić information content (AvgIpc) is 3.29. The number of esters is 1. The van der Waals surface area contributed by atoms with Gasteiger partial charge in [0.25, 0.3) is 5.91 Å². The fourth-order valence-corrected chi connectivity index (χ4v) is 5.17. The van der Waals surface area contributed by atoms with Gasteiger partial charge in [-0.2, -0.15) is 0 Å². The Bertz CT molecular complexity index is 888. The molecule has 2 fully saturated rings. The largest absolute Gasteiger partial charge is 0.466 e. The van der Waals surface area contributed by atoms with Gasteiger partial charge in [0.1, 0.15) is 10.7 Å². The molecule has 0 radical (unpaired) electrons. The molecule has 0 spiro atoms. The van der Waals surface area contributed by atoms with Crippen LogP contribution < -0.4 is 0 Å². The van der Waals surface area contributed by atoms with Gasteiger partial charge in [0, 0.05) is 51.2 Å². The van der Waals surface area contributed by atoms with Gasteiger partial charge in [0.05, 0.1) is 19.1 Å². The number of thiazole rings is 1. The minimum Gasteiger partial charge on any atom is -0.466 e. The van der Waals surface area contributed by atoms with Crippen molar-refractivity contribution < 1.29 is 14.3 Å². The van der Waals surface area contributed by atoms with E-state index >= 15 is 0 Å². The van der Waals surface area contributed by atoms with Crippen molar-refractivity contribution in [2.45, 2.75) is 32.9 Å². The number of likely N-dealkylation sites (tertiary alicyclic amines) is 1. The van der Waals surface area contributed by atoms with Gasteiger partial charge in [-0.15, -0.1) is 11.3 Å². The molecule has 2 aliphatic heterocycles. The van der Waals surface area contributed by atoms with Crippen LogP contribution in [0.3, 0.4) is 0 Å². The first-order valence-corrected chi connectivity index (χ1v) is 12.4. The Morgan fingerprint density at radius 1 is 1.00 bits per heavy atom. The molecule has 8 heteroatoms. The number of hydrogen-bond donors (Lipinski definition) is 0. The number of carbonyl (C=O) groups excluding carboxylic acids is 2. The maximum atomic E-state index is 12.9. The third-order valence-corrected chi connectivity index (χ3v) is 7.08. The molecule has 2 aliphatic rings. The zero-order valence-electron chi connectivity index (χ0n) is 18.7. The van der Waals surface area contributed by atoms with Gasteiger partial charge in [-0.25, -0.2) is 4.98 Å². The molecule has 0 unspecified atom stereocenters. The summed E-state index contributed by atoms with van der Waals surface area (Å²) in [6.07, 6.45) is 1.32. The van der Waals surface area contributed by atoms with Gasteiger partial charge >= 0.3 is 5.97 Å². The Morgan fingerprint density at radius 3 is 2.31 bits per heavy atom. The first kappa shape index (κ1) is 22.9. The summed E-state index contributed by atoms with van der Waals surface area (Å²) in [5.74, 6) is -0.257. The molecule has 0 aliphatic carbocycles. The number of benzene rings is 1. The van der Waals surface area contributed by atoms with Crippen LogP contribution in [0.2, 0.25) is 0 Å². The highest BCUT2D eigenvalue weighted by atomic mass is 32.1. The second kappa shape index (κ2) is 11.0. The van der Waals surface area contributed by atoms with Crippen LogP contribution in [0.4, 0.5) is 0 Å². The molecule has 0 saturated carbocycles. The normalized spacial score (nSPS) is 18.6. The number of rotatable bonds is 7. The molecule has 1 aromatic heterocycles. The fourth-order valence-electron chi connectivity index (χ4n) is 4.36. The first-order chi connectivity index (χ1) is 15.6. The molecular formula is C24H32N4O3S. The van der Waals surface area contributed by atoms with Crippen LogP contribution in [0.5, 0.6) is 0 Å². The Balaban J connectivity index is 1.22. The first-order valence-electron chi connectivity index (χ1n) is 11.5. The number of carbonyl (C=O) groups is 2. The lowest BCUT2D eigenvalue weighted by Crippen LogP contribution is -2.45. The molecule has 7 nitrogen and oxygen atoms in total. The summed E-state index contributed by atoms with van der Waals surface area (Å²) in [7, 11) is 0. The summed E-state index contributed by atoms with van der Waals surface area (Å²) < 4.78 is 5.11. The molecule has 2 aromatic rings. The lowest BCUT2D eigenvalue weighted by molar-refractivity contribution is -0.149. The quantitative estimate of drug-likeness (QED) is 0.597. The van der Waals surface area contributed by atoms with E-state index in [2.05, 4.69) is 45.1 Å². The highest BCUT2D eigenvalue weighted by Gasteiger charge is 2.29. The Hall–Kier alpha value is -2.29. The monoisotopic (exact) mass is 456 g/mol. The van der Waals surface area contributed by atoms with E-state index in [-0.39, 0.29) is 17.8 Å². The zero-order chi connectivity index (χ0) is 22.3. The Morgan fingerprint density at radius 2 is 1.66 bits per heavy atom. The minimum absolute atomic E-state index is 0.0255. The van der Waals surface area contributed by atoms with Crippen molar-refractivity contribution in [1.29, 1.82) is 0 Å². The molecule has 2 saturated heterocycles. The number of aromatic nitrogens is 1. The molecular weight excluding hydrogens is 424 g/mol. The maximum absolute atomic E-state index is 12.9. The third kappa shape index (κ3) is 5.94. The predicted molar refractivity (Wildman–Crippen MR) is 124 cm³/mol. The van der Waals surface area contributed by atoms with Crippen molar-refractivity contribution in [3.05, 3.63) is 52.0 Å². The third-order valence-electron chi connectivity index (χ3n) is 6.25. The van der Waals surface area contributed by atoms with Crippen LogP contribution in [-0.4, -0.2) is 77.4 Å². The van der Waals surface area contributed by atoms with Gasteiger partial charge in [-0.05, 0) is 25.3 Å². The SMILES string of the molecule is CCOC(=O)C1CCN(C(=O)c2csc(CN3CCN(Cc4ccccc4)CC3)n2)CC1. The van der Waals surface area contributed by atoms with Crippen LogP contribution in [0.15, 0.2) is 35.7 Å². The summed E-state index contributed by atoms with van der Waals surface area (Å²) in [6.45, 7) is 9.29. The predicted octanol–water partition coefficient (Wildman–Crippen LogP) is 2.88. The molecule has 3 heterocycles. The van der Waals surface area contributed by atoms with E-state index in [1.165, 1.54) is 5.56 Å². The Labute approximate surface area is 194 Å². The molecule has 0 bridgehead atoms. The summed E-state index contributed by atoms with van der Waals surface area (Å²) >= 11 is 1.56. The van der Waals surface area contributed by atoms with E-state index in [1.807, 2.05) is 17.2 Å². The summed E-state index contributed by atoms with van der Waals surface area (Å²) in [6, 6.07) is 10.6. The number of amides is 1. The van der Waals surface area contributed by atoms with Crippen LogP contribution >= 0.6 is 11.3 Å². The van der Waals surface area contributed by atoms with Gasteiger partial charge < -0.3 is 9.64 Å². The van der Waals surface area contributed by atoms with E-state index in [9.17, 15) is 9.59 Å². The van der Waals surface area contributed by atoms with Crippen molar-refractivity contribution in [3.8, 4) is 0 Å². The van der Waals surface area contributed by atoms with E-state index in [0.29, 0.717) is 38.2 Å². The molecule has 1 aromatic carbocycles. The van der Waals surface area contributed by atoms with E-state index in [4.69, 9.17) is 4.74 Å². The molecule has 32 heavy (non-hydrogen) atoms. The van der Waals surface area contributed by atoms with Crippen molar-refractivity contribution in [3.63, 3.8) is 0 Å². The zero-order valence-corrected chi connectivity index (χ0v) is 19.6. The van der Waals surface area contributed by atoms with Gasteiger partial charge in [-0.3, -0.25) is 19.4 Å². The standard InChI is InChI=1S/C24H32N4O3S/c1-2-31-24(30)20-8-10-28(11-9-20)23(29)21-18-32-22(25-21)17-27-14-12-26(13-15-27)16-19-6-4-3-5-7-19/h3-7,18,20H,2,8-17H2,1H3. The fraction of sp³-hybridized carbons (Fsp3) is 0.542. The van der Waals surface area contributed by atoms with Crippen molar-refractivity contribution in [2.24, 2.45) is 5.92 Å². The van der Waals surface area contributed by atoms with Crippen molar-refractivity contribution in [1.82, 2.24) is 19.7 Å². The number of hydrogen-bond acceptors (Lipinski definition) is 7. The second-order valence-electron chi connectivity index (χ2n) is 8.48. The number of piperidine rings is 1. The van der Waals surface area contributed by atoms with Crippen LogP contribution in [0.25, 0.3) is 0 Å². The van der Waals surface area contributed by atoms with Gasteiger partial charge in [0.15, 0.2) is 0 Å². The van der Waals surface area contributed by atoms with Crippen LogP contribution in [0, 0.1) is 5.92 Å². The van der Waals surface area contributed by atoms with E-state index in [0.717, 1.165) is 44.3 Å². The molecule has 1 amide bonds. The van der Waals surface area contributed by atoms with Gasteiger partial charge in [0.2, 0.25) is 0 Å². The molecule has 172 valence electrons. The Kier molecular flexibility index (Phi) is 7.89. The number of ether oxygens (including phenoxy) is 1. The number of piperazine rings is 1. The van der Waals surface area contributed by atoms with E-state index < -0.39 is 0 Å². The average molecular weight is 457 g/mol. The molecule has 4 rings (SSSR count). The topological polar surface area (TPSA) is 66.0 Å². The summed E-state index contributed by atoms with van der Waals surface area (Å²) in [5.41, 5.74) is 1.89. The van der Waals surface area contributed by atoms with Crippen LogP contribution in [0.1, 0.15) is 40.8 Å². The highest BCUT2D eigenvalue weighted by Crippen LogP contribution is 2.22. The molecule has 0 N–H and O–H groups in total. The molecule has 0 atom stereocenters. The van der Waals surface area contributed by atoms with Gasteiger partial charge in [-0.1, -0.05) is 30.3 Å². The van der Waals surface area contributed by atoms with Crippen molar-refractivity contribution in [2.75, 3.05) is 45.9 Å². The minimum atomic E-state index is -0.139. The van der Waals surface area contributed by atoms with Crippen LogP contribution in [-0.2, 0) is 22.6 Å². The lowest BCUT2D eigenvalue weighted by atomic mass is 9.97. The highest BCUT2D eigenvalue weighted by molar-refractivity contribution is 7.09. The smallest absolute Gasteiger partial charge is 0.309 e. The summed E-state index contributed by atoms with van der Waals surface area (Å²) in [4.78, 5) is 36.1. The maximum Gasteiger partial charge on any atom is 0.309 e.